The minimum absolute atomic E-state index is 0.0461. The molecule has 1 aliphatic heterocycles. The average Bonchev–Trinajstić information content (AvgIpc) is 2.91. The van der Waals surface area contributed by atoms with Gasteiger partial charge in [-0.05, 0) is 30.3 Å². The third-order valence-electron chi connectivity index (χ3n) is 4.10. The van der Waals surface area contributed by atoms with E-state index in [-0.39, 0.29) is 10.8 Å². The number of amides is 1. The number of carbonyl (C=O) groups excluding carboxylic acids is 1. The lowest BCUT2D eigenvalue weighted by Gasteiger charge is -2.12. The van der Waals surface area contributed by atoms with Gasteiger partial charge in [-0.2, -0.15) is 0 Å². The summed E-state index contributed by atoms with van der Waals surface area (Å²) in [6.45, 7) is 0. The molecule has 3 aromatic rings. The van der Waals surface area contributed by atoms with Crippen molar-refractivity contribution in [1.29, 1.82) is 0 Å². The van der Waals surface area contributed by atoms with Crippen molar-refractivity contribution >= 4 is 73.2 Å². The summed E-state index contributed by atoms with van der Waals surface area (Å²) in [4.78, 5) is 15.6. The first-order chi connectivity index (χ1) is 12.8. The number of fused-ring (bicyclic) bond motifs is 2. The van der Waals surface area contributed by atoms with E-state index in [4.69, 9.17) is 23.2 Å². The number of nitrogens with one attached hydrogen (secondary N) is 3. The van der Waals surface area contributed by atoms with Gasteiger partial charge < -0.3 is 10.3 Å². The fourth-order valence-electron chi connectivity index (χ4n) is 2.82. The maximum Gasteiger partial charge on any atom is 0.262 e. The molecule has 1 amide bonds. The first-order valence-electron chi connectivity index (χ1n) is 7.90. The molecule has 0 saturated heterocycles. The highest BCUT2D eigenvalue weighted by Gasteiger charge is 2.21. The lowest BCUT2D eigenvalue weighted by atomic mass is 10.2. The van der Waals surface area contributed by atoms with Crippen molar-refractivity contribution < 1.29 is 13.2 Å². The Morgan fingerprint density at radius 1 is 1.11 bits per heavy atom. The van der Waals surface area contributed by atoms with E-state index in [2.05, 4.69) is 15.0 Å². The number of anilines is 2. The van der Waals surface area contributed by atoms with Crippen LogP contribution in [0.15, 0.2) is 46.3 Å². The molecule has 0 unspecified atom stereocenters. The van der Waals surface area contributed by atoms with Crippen LogP contribution in [-0.4, -0.2) is 25.1 Å². The van der Waals surface area contributed by atoms with Crippen LogP contribution < -0.4 is 10.0 Å². The number of hydrogen-bond acceptors (Lipinski definition) is 4. The van der Waals surface area contributed by atoms with Gasteiger partial charge in [-0.1, -0.05) is 23.2 Å². The van der Waals surface area contributed by atoms with Crippen LogP contribution >= 0.6 is 35.0 Å². The van der Waals surface area contributed by atoms with Gasteiger partial charge in [-0.3, -0.25) is 9.52 Å². The van der Waals surface area contributed by atoms with Gasteiger partial charge in [0.1, 0.15) is 0 Å². The highest BCUT2D eigenvalue weighted by atomic mass is 35.5. The maximum atomic E-state index is 12.9. The lowest BCUT2D eigenvalue weighted by Crippen LogP contribution is -2.15. The Labute approximate surface area is 169 Å². The van der Waals surface area contributed by atoms with Gasteiger partial charge in [0.15, 0.2) is 0 Å². The fourth-order valence-corrected chi connectivity index (χ4v) is 5.42. The van der Waals surface area contributed by atoms with Gasteiger partial charge in [-0.15, -0.1) is 11.8 Å². The molecule has 2 aromatic carbocycles. The smallest absolute Gasteiger partial charge is 0.262 e. The molecule has 10 heteroatoms. The predicted molar refractivity (Wildman–Crippen MR) is 110 cm³/mol. The molecule has 0 saturated carbocycles. The molecule has 6 nitrogen and oxygen atoms in total. The van der Waals surface area contributed by atoms with E-state index in [0.29, 0.717) is 44.5 Å². The maximum absolute atomic E-state index is 12.9. The number of carbonyl (C=O) groups is 1. The van der Waals surface area contributed by atoms with Crippen LogP contribution in [0.4, 0.5) is 11.4 Å². The second kappa shape index (κ2) is 6.94. The molecule has 1 aromatic heterocycles. The van der Waals surface area contributed by atoms with Crippen molar-refractivity contribution in [2.24, 2.45) is 0 Å². The van der Waals surface area contributed by atoms with E-state index in [1.807, 2.05) is 0 Å². The molecule has 0 spiro atoms. The van der Waals surface area contributed by atoms with Crippen LogP contribution in [-0.2, 0) is 14.8 Å². The molecule has 3 N–H and O–H groups in total. The van der Waals surface area contributed by atoms with Gasteiger partial charge in [0.25, 0.3) is 10.0 Å². The number of aromatic nitrogens is 1. The van der Waals surface area contributed by atoms with Crippen LogP contribution in [0, 0.1) is 0 Å². The monoisotopic (exact) mass is 441 g/mol. The summed E-state index contributed by atoms with van der Waals surface area (Å²) in [5.41, 5.74) is 1.32. The SMILES string of the molecule is O=C1CCSc2ccc(S(=O)(=O)Nc3ccc(Cl)c4c(Cl)c[nH]c34)cc2N1. The van der Waals surface area contributed by atoms with E-state index >= 15 is 0 Å². The van der Waals surface area contributed by atoms with Crippen molar-refractivity contribution in [2.45, 2.75) is 16.2 Å². The second-order valence-corrected chi connectivity index (χ2v) is 9.53. The van der Waals surface area contributed by atoms with Crippen LogP contribution in [0.2, 0.25) is 10.0 Å². The molecule has 27 heavy (non-hydrogen) atoms. The van der Waals surface area contributed by atoms with Gasteiger partial charge in [-0.25, -0.2) is 8.42 Å². The minimum atomic E-state index is -3.89. The summed E-state index contributed by atoms with van der Waals surface area (Å²) in [5, 5.41) is 4.12. The Morgan fingerprint density at radius 2 is 1.93 bits per heavy atom. The largest absolute Gasteiger partial charge is 0.358 e. The topological polar surface area (TPSA) is 91.1 Å². The standard InChI is InChI=1S/C17H13Cl2N3O3S2/c18-10-2-3-12(17-16(10)11(19)8-20-17)22-27(24,25)9-1-4-14-13(7-9)21-15(23)5-6-26-14/h1-4,7-8,20,22H,5-6H2,(H,21,23). The molecule has 4 rings (SSSR count). The number of halogens is 2. The normalized spacial score (nSPS) is 14.5. The van der Waals surface area contributed by atoms with Crippen LogP contribution in [0.25, 0.3) is 10.9 Å². The Hall–Kier alpha value is -1.87. The molecular formula is C17H13Cl2N3O3S2. The highest BCUT2D eigenvalue weighted by Crippen LogP contribution is 2.36. The van der Waals surface area contributed by atoms with E-state index < -0.39 is 10.0 Å². The van der Waals surface area contributed by atoms with Crippen molar-refractivity contribution in [3.8, 4) is 0 Å². The van der Waals surface area contributed by atoms with Gasteiger partial charge in [0, 0.05) is 28.7 Å². The Morgan fingerprint density at radius 3 is 2.74 bits per heavy atom. The number of aromatic amines is 1. The first-order valence-corrected chi connectivity index (χ1v) is 11.1. The number of benzene rings is 2. The molecule has 0 fully saturated rings. The lowest BCUT2D eigenvalue weighted by molar-refractivity contribution is -0.115. The molecular weight excluding hydrogens is 429 g/mol. The van der Waals surface area contributed by atoms with E-state index in [1.54, 1.807) is 24.4 Å². The zero-order valence-corrected chi connectivity index (χ0v) is 16.8. The second-order valence-electron chi connectivity index (χ2n) is 5.89. The van der Waals surface area contributed by atoms with Crippen LogP contribution in [0.5, 0.6) is 0 Å². The number of hydrogen-bond donors (Lipinski definition) is 3. The number of H-pyrrole nitrogens is 1. The summed E-state index contributed by atoms with van der Waals surface area (Å²) in [7, 11) is -3.89. The van der Waals surface area contributed by atoms with Gasteiger partial charge in [0.2, 0.25) is 5.91 Å². The summed E-state index contributed by atoms with van der Waals surface area (Å²) in [5.74, 6) is 0.517. The molecule has 2 heterocycles. The van der Waals surface area contributed by atoms with Crippen LogP contribution in [0.3, 0.4) is 0 Å². The summed E-state index contributed by atoms with van der Waals surface area (Å²) in [6.07, 6.45) is 1.93. The van der Waals surface area contributed by atoms with Crippen molar-refractivity contribution in [1.82, 2.24) is 4.98 Å². The average molecular weight is 442 g/mol. The van der Waals surface area contributed by atoms with Gasteiger partial charge >= 0.3 is 0 Å². The van der Waals surface area contributed by atoms with Crippen molar-refractivity contribution in [2.75, 3.05) is 15.8 Å². The summed E-state index contributed by atoms with van der Waals surface area (Å²) in [6, 6.07) is 7.82. The van der Waals surface area contributed by atoms with E-state index in [0.717, 1.165) is 4.90 Å². The highest BCUT2D eigenvalue weighted by molar-refractivity contribution is 7.99. The number of sulfonamides is 1. The molecule has 0 aliphatic carbocycles. The molecule has 0 atom stereocenters. The summed E-state index contributed by atoms with van der Waals surface area (Å²) < 4.78 is 28.3. The molecule has 1 aliphatic rings. The predicted octanol–water partition coefficient (Wildman–Crippen LogP) is 4.71. The third kappa shape index (κ3) is 3.50. The summed E-state index contributed by atoms with van der Waals surface area (Å²) >= 11 is 13.8. The molecule has 140 valence electrons. The van der Waals surface area contributed by atoms with E-state index in [1.165, 1.54) is 23.9 Å². The zero-order chi connectivity index (χ0) is 19.2. The van der Waals surface area contributed by atoms with Gasteiger partial charge in [0.05, 0.1) is 31.8 Å². The first kappa shape index (κ1) is 18.5. The van der Waals surface area contributed by atoms with E-state index in [9.17, 15) is 13.2 Å². The molecule has 0 radical (unpaired) electrons. The van der Waals surface area contributed by atoms with Crippen molar-refractivity contribution in [3.05, 3.63) is 46.6 Å². The van der Waals surface area contributed by atoms with Crippen LogP contribution in [0.1, 0.15) is 6.42 Å². The number of rotatable bonds is 3. The zero-order valence-electron chi connectivity index (χ0n) is 13.7. The number of thioether (sulfide) groups is 1. The fraction of sp³-hybridized carbons (Fsp3) is 0.118. The minimum Gasteiger partial charge on any atom is -0.358 e. The quantitative estimate of drug-likeness (QED) is 0.548. The third-order valence-corrected chi connectivity index (χ3v) is 7.15. The Kier molecular flexibility index (Phi) is 4.75. The Balaban J connectivity index is 1.73. The molecule has 0 bridgehead atoms. The Bertz CT molecular complexity index is 1180. The van der Waals surface area contributed by atoms with Crippen molar-refractivity contribution in [3.63, 3.8) is 0 Å².